The number of fused-ring (bicyclic) bond motifs is 1. The van der Waals surface area contributed by atoms with Gasteiger partial charge in [-0.1, -0.05) is 36.3 Å². The van der Waals surface area contributed by atoms with Gasteiger partial charge < -0.3 is 18.9 Å². The second-order valence-electron chi connectivity index (χ2n) is 5.84. The summed E-state index contributed by atoms with van der Waals surface area (Å²) in [6, 6.07) is 9.94. The summed E-state index contributed by atoms with van der Waals surface area (Å²) in [7, 11) is 0. The normalized spacial score (nSPS) is 31.6. The number of hydrogen-bond donors (Lipinski definition) is 0. The molecule has 4 nitrogen and oxygen atoms in total. The Morgan fingerprint density at radius 3 is 2.76 bits per heavy atom. The lowest BCUT2D eigenvalue weighted by Crippen LogP contribution is -2.31. The predicted molar refractivity (Wildman–Crippen MR) is 77.2 cm³/mol. The van der Waals surface area contributed by atoms with Crippen molar-refractivity contribution >= 4 is 0 Å². The molecule has 0 spiro atoms. The monoisotopic (exact) mass is 288 g/mol. The molecule has 0 N–H and O–H groups in total. The molecule has 0 radical (unpaired) electrons. The van der Waals surface area contributed by atoms with E-state index in [2.05, 4.69) is 5.92 Å². The highest BCUT2D eigenvalue weighted by molar-refractivity contribution is 5.14. The summed E-state index contributed by atoms with van der Waals surface area (Å²) in [6.07, 6.45) is 5.27. The molecule has 112 valence electrons. The van der Waals surface area contributed by atoms with E-state index in [-0.39, 0.29) is 18.5 Å². The molecule has 0 unspecified atom stereocenters. The summed E-state index contributed by atoms with van der Waals surface area (Å²) >= 11 is 0. The Morgan fingerprint density at radius 1 is 1.33 bits per heavy atom. The maximum Gasteiger partial charge on any atom is 0.187 e. The summed E-state index contributed by atoms with van der Waals surface area (Å²) in [5.41, 5.74) is 1.09. The largest absolute Gasteiger partial charge is 0.358 e. The maximum absolute atomic E-state index is 5.85. The van der Waals surface area contributed by atoms with Crippen molar-refractivity contribution in [2.24, 2.45) is 0 Å². The van der Waals surface area contributed by atoms with Crippen molar-refractivity contribution in [3.63, 3.8) is 0 Å². The lowest BCUT2D eigenvalue weighted by Gasteiger charge is -2.23. The van der Waals surface area contributed by atoms with Crippen LogP contribution in [0, 0.1) is 12.3 Å². The Hall–Kier alpha value is -1.38. The minimum absolute atomic E-state index is 0.0684. The van der Waals surface area contributed by atoms with Gasteiger partial charge in [0.1, 0.15) is 18.3 Å². The van der Waals surface area contributed by atoms with Crippen molar-refractivity contribution in [1.82, 2.24) is 0 Å². The Kier molecular flexibility index (Phi) is 4.01. The molecule has 4 atom stereocenters. The summed E-state index contributed by atoms with van der Waals surface area (Å²) in [5, 5.41) is 0. The average Bonchev–Trinajstić information content (AvgIpc) is 2.94. The summed E-state index contributed by atoms with van der Waals surface area (Å²) in [4.78, 5) is 0. The molecule has 4 heteroatoms. The van der Waals surface area contributed by atoms with Gasteiger partial charge in [0, 0.05) is 6.42 Å². The van der Waals surface area contributed by atoms with Gasteiger partial charge in [0.25, 0.3) is 0 Å². The van der Waals surface area contributed by atoms with Gasteiger partial charge in [-0.05, 0) is 19.4 Å². The molecule has 2 fully saturated rings. The van der Waals surface area contributed by atoms with Gasteiger partial charge in [0.2, 0.25) is 0 Å². The lowest BCUT2D eigenvalue weighted by molar-refractivity contribution is -0.213. The van der Waals surface area contributed by atoms with Crippen LogP contribution in [-0.4, -0.2) is 30.4 Å². The number of ether oxygens (including phenoxy) is 4. The molecule has 3 rings (SSSR count). The Morgan fingerprint density at radius 2 is 2.10 bits per heavy atom. The van der Waals surface area contributed by atoms with E-state index in [1.807, 2.05) is 44.2 Å². The number of terminal acetylenes is 1. The quantitative estimate of drug-likeness (QED) is 0.798. The van der Waals surface area contributed by atoms with Crippen LogP contribution in [0.1, 0.15) is 25.8 Å². The highest BCUT2D eigenvalue weighted by Gasteiger charge is 2.50. The van der Waals surface area contributed by atoms with Gasteiger partial charge in [0.15, 0.2) is 12.1 Å². The fourth-order valence-corrected chi connectivity index (χ4v) is 2.75. The van der Waals surface area contributed by atoms with Crippen LogP contribution in [0.2, 0.25) is 0 Å². The van der Waals surface area contributed by atoms with Crippen LogP contribution in [0.15, 0.2) is 30.3 Å². The minimum atomic E-state index is -0.586. The molecular formula is C17H20O4. The van der Waals surface area contributed by atoms with Crippen molar-refractivity contribution in [1.29, 1.82) is 0 Å². The first-order chi connectivity index (χ1) is 10.1. The van der Waals surface area contributed by atoms with Crippen LogP contribution >= 0.6 is 0 Å². The molecule has 2 aliphatic rings. The van der Waals surface area contributed by atoms with Gasteiger partial charge >= 0.3 is 0 Å². The minimum Gasteiger partial charge on any atom is -0.358 e. The Balaban J connectivity index is 1.55. The maximum atomic E-state index is 5.85. The van der Waals surface area contributed by atoms with Crippen molar-refractivity contribution in [3.05, 3.63) is 35.9 Å². The summed E-state index contributed by atoms with van der Waals surface area (Å²) in [6.45, 7) is 4.24. The number of benzene rings is 1. The Bertz CT molecular complexity index is 503. The standard InChI is InChI=1S/C17H20O4/c1-4-13(18-11-12-8-6-5-7-9-12)14-10-15-16(19-14)21-17(2,3)20-15/h1,5-9,13-16H,10-11H2,2-3H3/t13-,14+,15+,16+/m0/s1. The van der Waals surface area contributed by atoms with E-state index in [0.29, 0.717) is 13.0 Å². The number of rotatable bonds is 4. The van der Waals surface area contributed by atoms with Gasteiger partial charge in [-0.15, -0.1) is 6.42 Å². The van der Waals surface area contributed by atoms with Crippen molar-refractivity contribution < 1.29 is 18.9 Å². The SMILES string of the molecule is C#C[C@H](OCc1ccccc1)[C@H]1C[C@H]2OC(C)(C)O[C@H]2O1. The molecule has 2 saturated heterocycles. The number of hydrogen-bond acceptors (Lipinski definition) is 4. The summed E-state index contributed by atoms with van der Waals surface area (Å²) in [5.74, 6) is 2.08. The topological polar surface area (TPSA) is 36.9 Å². The van der Waals surface area contributed by atoms with Crippen LogP contribution in [-0.2, 0) is 25.6 Å². The summed E-state index contributed by atoms with van der Waals surface area (Å²) < 4.78 is 23.1. The van der Waals surface area contributed by atoms with E-state index < -0.39 is 11.9 Å². The van der Waals surface area contributed by atoms with E-state index in [1.54, 1.807) is 0 Å². The molecule has 0 amide bonds. The predicted octanol–water partition coefficient (Wildman–Crippen LogP) is 2.47. The molecule has 0 aromatic heterocycles. The van der Waals surface area contributed by atoms with Crippen molar-refractivity contribution in [3.8, 4) is 12.3 Å². The molecule has 1 aromatic rings. The molecule has 21 heavy (non-hydrogen) atoms. The molecule has 2 heterocycles. The third-order valence-electron chi connectivity index (χ3n) is 3.69. The van der Waals surface area contributed by atoms with Crippen molar-refractivity contribution in [2.75, 3.05) is 0 Å². The first-order valence-electron chi connectivity index (χ1n) is 7.20. The van der Waals surface area contributed by atoms with Gasteiger partial charge in [-0.25, -0.2) is 0 Å². The molecule has 0 bridgehead atoms. The van der Waals surface area contributed by atoms with Crippen molar-refractivity contribution in [2.45, 2.75) is 57.3 Å². The molecule has 1 aromatic carbocycles. The molecule has 2 aliphatic heterocycles. The van der Waals surface area contributed by atoms with Crippen LogP contribution < -0.4 is 0 Å². The van der Waals surface area contributed by atoms with Crippen LogP contribution in [0.4, 0.5) is 0 Å². The second-order valence-corrected chi connectivity index (χ2v) is 5.84. The van der Waals surface area contributed by atoms with Crippen LogP contribution in [0.3, 0.4) is 0 Å². The molecule has 0 saturated carbocycles. The average molecular weight is 288 g/mol. The third-order valence-corrected chi connectivity index (χ3v) is 3.69. The van der Waals surface area contributed by atoms with E-state index in [9.17, 15) is 0 Å². The fourth-order valence-electron chi connectivity index (χ4n) is 2.75. The van der Waals surface area contributed by atoms with E-state index in [1.165, 1.54) is 0 Å². The second kappa shape index (κ2) is 5.78. The fraction of sp³-hybridized carbons (Fsp3) is 0.529. The first-order valence-corrected chi connectivity index (χ1v) is 7.20. The first kappa shape index (κ1) is 14.6. The zero-order chi connectivity index (χ0) is 14.9. The van der Waals surface area contributed by atoms with Crippen LogP contribution in [0.25, 0.3) is 0 Å². The van der Waals surface area contributed by atoms with E-state index in [4.69, 9.17) is 25.4 Å². The van der Waals surface area contributed by atoms with Crippen LogP contribution in [0.5, 0.6) is 0 Å². The smallest absolute Gasteiger partial charge is 0.187 e. The van der Waals surface area contributed by atoms with Gasteiger partial charge in [-0.3, -0.25) is 0 Å². The Labute approximate surface area is 125 Å². The molecular weight excluding hydrogens is 268 g/mol. The van der Waals surface area contributed by atoms with E-state index >= 15 is 0 Å². The highest BCUT2D eigenvalue weighted by Crippen LogP contribution is 2.38. The third kappa shape index (κ3) is 3.28. The molecule has 0 aliphatic carbocycles. The van der Waals surface area contributed by atoms with E-state index in [0.717, 1.165) is 5.56 Å². The zero-order valence-corrected chi connectivity index (χ0v) is 12.3. The van der Waals surface area contributed by atoms with Gasteiger partial charge in [0.05, 0.1) is 6.61 Å². The lowest BCUT2D eigenvalue weighted by atomic mass is 10.1. The van der Waals surface area contributed by atoms with Gasteiger partial charge in [-0.2, -0.15) is 0 Å². The highest BCUT2D eigenvalue weighted by atomic mass is 16.8. The zero-order valence-electron chi connectivity index (χ0n) is 12.3.